The SMILES string of the molecule is OCCO[C@H]1CC[C@@H](O)[C@@H]2CCCC[C@H]21. The second kappa shape index (κ2) is 5.28. The van der Waals surface area contributed by atoms with Crippen molar-refractivity contribution in [2.45, 2.75) is 50.7 Å². The van der Waals surface area contributed by atoms with E-state index in [4.69, 9.17) is 9.84 Å². The minimum absolute atomic E-state index is 0.107. The summed E-state index contributed by atoms with van der Waals surface area (Å²) < 4.78 is 5.69. The standard InChI is InChI=1S/C12H22O3/c13-7-8-15-12-6-5-11(14)9-3-1-2-4-10(9)12/h9-14H,1-8H2/t9-,10-,11-,12+/m1/s1. The Morgan fingerprint density at radius 2 is 1.73 bits per heavy atom. The van der Waals surface area contributed by atoms with Gasteiger partial charge in [0.05, 0.1) is 25.4 Å². The van der Waals surface area contributed by atoms with Gasteiger partial charge in [-0.1, -0.05) is 12.8 Å². The maximum absolute atomic E-state index is 9.94. The molecule has 0 radical (unpaired) electrons. The zero-order valence-corrected chi connectivity index (χ0v) is 9.27. The highest BCUT2D eigenvalue weighted by atomic mass is 16.5. The van der Waals surface area contributed by atoms with E-state index in [-0.39, 0.29) is 18.8 Å². The quantitative estimate of drug-likeness (QED) is 0.745. The molecule has 4 atom stereocenters. The van der Waals surface area contributed by atoms with Gasteiger partial charge in [0.1, 0.15) is 0 Å². The summed E-state index contributed by atoms with van der Waals surface area (Å²) >= 11 is 0. The van der Waals surface area contributed by atoms with Gasteiger partial charge in [-0.25, -0.2) is 0 Å². The predicted molar refractivity (Wildman–Crippen MR) is 57.5 cm³/mol. The van der Waals surface area contributed by atoms with Crippen LogP contribution < -0.4 is 0 Å². The molecule has 2 aliphatic rings. The summed E-state index contributed by atoms with van der Waals surface area (Å²) in [6, 6.07) is 0. The molecule has 0 saturated heterocycles. The monoisotopic (exact) mass is 214 g/mol. The van der Waals surface area contributed by atoms with Gasteiger partial charge < -0.3 is 14.9 Å². The van der Waals surface area contributed by atoms with Crippen molar-refractivity contribution in [3.63, 3.8) is 0 Å². The first-order valence-corrected chi connectivity index (χ1v) is 6.23. The molecule has 3 nitrogen and oxygen atoms in total. The maximum Gasteiger partial charge on any atom is 0.0701 e. The van der Waals surface area contributed by atoms with E-state index in [0.717, 1.165) is 19.3 Å². The highest BCUT2D eigenvalue weighted by Crippen LogP contribution is 2.41. The highest BCUT2D eigenvalue weighted by Gasteiger charge is 2.40. The molecule has 2 fully saturated rings. The minimum atomic E-state index is -0.107. The molecular weight excluding hydrogens is 192 g/mol. The van der Waals surface area contributed by atoms with Crippen LogP contribution in [-0.4, -0.2) is 35.6 Å². The van der Waals surface area contributed by atoms with Gasteiger partial charge in [-0.2, -0.15) is 0 Å². The van der Waals surface area contributed by atoms with E-state index in [9.17, 15) is 5.11 Å². The first-order chi connectivity index (χ1) is 7.33. The number of ether oxygens (including phenoxy) is 1. The largest absolute Gasteiger partial charge is 0.394 e. The number of rotatable bonds is 3. The van der Waals surface area contributed by atoms with Gasteiger partial charge in [-0.15, -0.1) is 0 Å². The van der Waals surface area contributed by atoms with Crippen LogP contribution in [-0.2, 0) is 4.74 Å². The molecule has 2 rings (SSSR count). The molecule has 0 aromatic heterocycles. The van der Waals surface area contributed by atoms with Crippen molar-refractivity contribution in [3.8, 4) is 0 Å². The Morgan fingerprint density at radius 3 is 2.47 bits per heavy atom. The van der Waals surface area contributed by atoms with Gasteiger partial charge in [0, 0.05) is 0 Å². The summed E-state index contributed by atoms with van der Waals surface area (Å²) in [5, 5.41) is 18.7. The van der Waals surface area contributed by atoms with Crippen molar-refractivity contribution in [3.05, 3.63) is 0 Å². The first-order valence-electron chi connectivity index (χ1n) is 6.23. The molecule has 2 aliphatic carbocycles. The van der Waals surface area contributed by atoms with Crippen molar-refractivity contribution in [2.75, 3.05) is 13.2 Å². The van der Waals surface area contributed by atoms with Crippen LogP contribution in [0.1, 0.15) is 38.5 Å². The van der Waals surface area contributed by atoms with Crippen LogP contribution in [0.3, 0.4) is 0 Å². The van der Waals surface area contributed by atoms with Gasteiger partial charge in [0.2, 0.25) is 0 Å². The van der Waals surface area contributed by atoms with Crippen LogP contribution in [0.5, 0.6) is 0 Å². The molecule has 3 heteroatoms. The number of hydrogen-bond donors (Lipinski definition) is 2. The molecule has 0 heterocycles. The van der Waals surface area contributed by atoms with Crippen LogP contribution in [0.25, 0.3) is 0 Å². The van der Waals surface area contributed by atoms with E-state index in [0.29, 0.717) is 18.4 Å². The third-order valence-electron chi connectivity index (χ3n) is 4.02. The molecular formula is C12H22O3. The van der Waals surface area contributed by atoms with Crippen molar-refractivity contribution < 1.29 is 14.9 Å². The molecule has 0 amide bonds. The molecule has 0 unspecified atom stereocenters. The van der Waals surface area contributed by atoms with Crippen molar-refractivity contribution in [1.82, 2.24) is 0 Å². The fourth-order valence-electron chi connectivity index (χ4n) is 3.30. The second-order valence-electron chi connectivity index (χ2n) is 4.89. The van der Waals surface area contributed by atoms with Crippen LogP contribution in [0.15, 0.2) is 0 Å². The summed E-state index contributed by atoms with van der Waals surface area (Å²) in [6.07, 6.45) is 6.88. The van der Waals surface area contributed by atoms with Crippen LogP contribution >= 0.6 is 0 Å². The Bertz CT molecular complexity index is 193. The Hall–Kier alpha value is -0.120. The zero-order chi connectivity index (χ0) is 10.7. The van der Waals surface area contributed by atoms with E-state index < -0.39 is 0 Å². The number of fused-ring (bicyclic) bond motifs is 1. The summed E-state index contributed by atoms with van der Waals surface area (Å²) in [5.41, 5.74) is 0. The van der Waals surface area contributed by atoms with E-state index >= 15 is 0 Å². The Balaban J connectivity index is 1.94. The van der Waals surface area contributed by atoms with E-state index in [1.54, 1.807) is 0 Å². The zero-order valence-electron chi connectivity index (χ0n) is 9.27. The van der Waals surface area contributed by atoms with Crippen molar-refractivity contribution in [2.24, 2.45) is 11.8 Å². The minimum Gasteiger partial charge on any atom is -0.394 e. The summed E-state index contributed by atoms with van der Waals surface area (Å²) in [4.78, 5) is 0. The van der Waals surface area contributed by atoms with Gasteiger partial charge in [0.25, 0.3) is 0 Å². The summed E-state index contributed by atoms with van der Waals surface area (Å²) in [6.45, 7) is 0.556. The summed E-state index contributed by atoms with van der Waals surface area (Å²) in [7, 11) is 0. The average molecular weight is 214 g/mol. The Kier molecular flexibility index (Phi) is 4.00. The number of aliphatic hydroxyl groups excluding tert-OH is 2. The van der Waals surface area contributed by atoms with Crippen molar-refractivity contribution >= 4 is 0 Å². The number of hydrogen-bond acceptors (Lipinski definition) is 3. The maximum atomic E-state index is 9.94. The normalized spacial score (nSPS) is 41.2. The van der Waals surface area contributed by atoms with Gasteiger partial charge in [0.15, 0.2) is 0 Å². The summed E-state index contributed by atoms with van der Waals surface area (Å²) in [5.74, 6) is 0.991. The third kappa shape index (κ3) is 2.52. The first kappa shape index (κ1) is 11.4. The fraction of sp³-hybridized carbons (Fsp3) is 1.00. The lowest BCUT2D eigenvalue weighted by Gasteiger charge is -2.43. The van der Waals surface area contributed by atoms with E-state index in [1.165, 1.54) is 19.3 Å². The average Bonchev–Trinajstić information content (AvgIpc) is 2.29. The van der Waals surface area contributed by atoms with Gasteiger partial charge in [-0.05, 0) is 37.5 Å². The third-order valence-corrected chi connectivity index (χ3v) is 4.02. The molecule has 0 aliphatic heterocycles. The highest BCUT2D eigenvalue weighted by molar-refractivity contribution is 4.90. The molecule has 88 valence electrons. The lowest BCUT2D eigenvalue weighted by atomic mass is 9.68. The van der Waals surface area contributed by atoms with Crippen LogP contribution in [0.4, 0.5) is 0 Å². The number of aliphatic hydroxyl groups is 2. The molecule has 0 aromatic rings. The molecule has 0 bridgehead atoms. The van der Waals surface area contributed by atoms with Crippen LogP contribution in [0.2, 0.25) is 0 Å². The smallest absolute Gasteiger partial charge is 0.0701 e. The van der Waals surface area contributed by atoms with Gasteiger partial charge in [-0.3, -0.25) is 0 Å². The molecule has 0 aromatic carbocycles. The Morgan fingerprint density at radius 1 is 1.00 bits per heavy atom. The molecule has 2 saturated carbocycles. The topological polar surface area (TPSA) is 49.7 Å². The van der Waals surface area contributed by atoms with E-state index in [1.807, 2.05) is 0 Å². The fourth-order valence-corrected chi connectivity index (χ4v) is 3.30. The van der Waals surface area contributed by atoms with Gasteiger partial charge >= 0.3 is 0 Å². The lowest BCUT2D eigenvalue weighted by molar-refractivity contribution is -0.0970. The lowest BCUT2D eigenvalue weighted by Crippen LogP contribution is -2.44. The molecule has 2 N–H and O–H groups in total. The molecule has 15 heavy (non-hydrogen) atoms. The van der Waals surface area contributed by atoms with Crippen LogP contribution in [0, 0.1) is 11.8 Å². The van der Waals surface area contributed by atoms with Crippen molar-refractivity contribution in [1.29, 1.82) is 0 Å². The molecule has 0 spiro atoms. The predicted octanol–water partition coefficient (Wildman–Crippen LogP) is 1.32. The Labute approximate surface area is 91.4 Å². The second-order valence-corrected chi connectivity index (χ2v) is 4.89. The van der Waals surface area contributed by atoms with E-state index in [2.05, 4.69) is 0 Å².